The fraction of sp³-hybridized carbons (Fsp3) is 0.477. The van der Waals surface area contributed by atoms with Crippen LogP contribution in [0.3, 0.4) is 0 Å². The van der Waals surface area contributed by atoms with Crippen LogP contribution in [0.2, 0.25) is 0 Å². The van der Waals surface area contributed by atoms with E-state index in [-0.39, 0.29) is 35.9 Å². The summed E-state index contributed by atoms with van der Waals surface area (Å²) in [4.78, 5) is 61.0. The Balaban J connectivity index is 0.908. The number of aromatic amines is 2. The maximum Gasteiger partial charge on any atom is 0.407 e. The summed E-state index contributed by atoms with van der Waals surface area (Å²) in [6.07, 6.45) is 5.74. The van der Waals surface area contributed by atoms with Crippen molar-refractivity contribution in [2.45, 2.75) is 103 Å². The van der Waals surface area contributed by atoms with Gasteiger partial charge in [0.1, 0.15) is 17.7 Å². The van der Waals surface area contributed by atoms with Gasteiger partial charge < -0.3 is 29.8 Å². The van der Waals surface area contributed by atoms with Crippen molar-refractivity contribution in [1.29, 1.82) is 0 Å². The van der Waals surface area contributed by atoms with E-state index in [1.165, 1.54) is 12.7 Å². The molecular weight excluding hydrogens is 691 g/mol. The van der Waals surface area contributed by atoms with Gasteiger partial charge in [-0.25, -0.2) is 14.8 Å². The molecule has 2 unspecified atom stereocenters. The number of ether oxygens (including phenoxy) is 1. The molecule has 4 heterocycles. The van der Waals surface area contributed by atoms with Crippen LogP contribution in [0.15, 0.2) is 48.5 Å². The minimum Gasteiger partial charge on any atom is -0.453 e. The monoisotopic (exact) mass is 739 g/mol. The lowest BCUT2D eigenvalue weighted by Crippen LogP contribution is -2.52. The van der Waals surface area contributed by atoms with Crippen LogP contribution < -0.4 is 5.32 Å². The molecule has 5 aromatic rings. The van der Waals surface area contributed by atoms with Gasteiger partial charge in [-0.2, -0.15) is 0 Å². The van der Waals surface area contributed by atoms with Gasteiger partial charge in [-0.1, -0.05) is 64.1 Å². The predicted molar refractivity (Wildman–Crippen MR) is 210 cm³/mol. The summed E-state index contributed by atoms with van der Waals surface area (Å²) >= 11 is 0. The van der Waals surface area contributed by atoms with Crippen molar-refractivity contribution < 1.29 is 19.1 Å². The van der Waals surface area contributed by atoms with Gasteiger partial charge in [-0.3, -0.25) is 9.59 Å². The van der Waals surface area contributed by atoms with E-state index in [1.54, 1.807) is 0 Å². The van der Waals surface area contributed by atoms with Crippen LogP contribution in [0.25, 0.3) is 44.2 Å². The number of carbonyl (C=O) groups is 3. The third-order valence-corrected chi connectivity index (χ3v) is 13.0. The smallest absolute Gasteiger partial charge is 0.407 e. The Morgan fingerprint density at radius 3 is 2.29 bits per heavy atom. The molecule has 3 aromatic carbocycles. The van der Waals surface area contributed by atoms with E-state index >= 15 is 0 Å². The Hall–Kier alpha value is -5.19. The number of nitrogens with one attached hydrogen (secondary N) is 3. The zero-order valence-electron chi connectivity index (χ0n) is 32.2. The maximum atomic E-state index is 13.9. The van der Waals surface area contributed by atoms with Crippen LogP contribution in [0.5, 0.6) is 0 Å². The molecule has 11 nitrogen and oxygen atoms in total. The highest BCUT2D eigenvalue weighted by molar-refractivity contribution is 6.05. The quantitative estimate of drug-likeness (QED) is 0.150. The number of likely N-dealkylation sites (tertiary alicyclic amines) is 2. The number of benzene rings is 3. The Bertz CT molecular complexity index is 2390. The molecule has 3 amide bonds. The highest BCUT2D eigenvalue weighted by Crippen LogP contribution is 2.55. The number of amides is 3. The fourth-order valence-corrected chi connectivity index (χ4v) is 10.0. The number of nitrogens with zero attached hydrogens (tertiary/aromatic N) is 4. The number of rotatable bonds is 8. The zero-order chi connectivity index (χ0) is 37.9. The van der Waals surface area contributed by atoms with E-state index in [0.717, 1.165) is 100 Å². The summed E-state index contributed by atoms with van der Waals surface area (Å²) in [7, 11) is 1.32. The molecule has 10 rings (SSSR count). The second-order valence-electron chi connectivity index (χ2n) is 17.5. The van der Waals surface area contributed by atoms with Crippen molar-refractivity contribution in [3.8, 4) is 22.4 Å². The summed E-state index contributed by atoms with van der Waals surface area (Å²) < 4.78 is 4.84. The predicted octanol–water partition coefficient (Wildman–Crippen LogP) is 7.62. The standard InChI is InChI=1S/C44H49N7O4/c1-21(2)14-37(52)50-33-17-27(33)19-35(50)41-45-31-12-8-25-15-23(6-10-29(25)39(31)47-41)24-7-11-30-26(16-24)9-13-32-40(30)48-42(46-32)36-20-28-18-34(28)51(36)43(53)38(22(3)4)49-44(54)55-5/h6-8,10-12,15-16,21-22,27-28,33-36,38H,9,13-14,17-20H2,1-5H3,(H,45,47)(H,46,48)(H,49,54)/t27-,28?,33-,34?,35+,36+,38+/m1/s1. The average Bonchev–Trinajstić information content (AvgIpc) is 3.81. The summed E-state index contributed by atoms with van der Waals surface area (Å²) in [6.45, 7) is 8.11. The van der Waals surface area contributed by atoms with Crippen molar-refractivity contribution in [1.82, 2.24) is 35.1 Å². The molecule has 5 aliphatic rings. The third-order valence-electron chi connectivity index (χ3n) is 13.0. The number of aromatic nitrogens is 4. The van der Waals surface area contributed by atoms with Crippen molar-refractivity contribution in [2.75, 3.05) is 7.11 Å². The molecule has 7 atom stereocenters. The molecule has 11 heteroatoms. The molecule has 3 aliphatic carbocycles. The Kier molecular flexibility index (Phi) is 7.91. The summed E-state index contributed by atoms with van der Waals surface area (Å²) in [5.41, 5.74) is 8.79. The number of carbonyl (C=O) groups excluding carboxylic acids is 3. The SMILES string of the molecule is COC(=O)N[C@H](C(=O)N1C2CC2C[C@H]1c1nc2c([nH]1)CCc1cc(-c3ccc4c(ccc5[nH]c([C@@H]6C[C@H]7C[C@H]7N6C(=O)CC(C)C)nc54)c3)ccc1-2)C(C)C. The van der Waals surface area contributed by atoms with Crippen LogP contribution >= 0.6 is 0 Å². The number of piperidine rings is 2. The highest BCUT2D eigenvalue weighted by Gasteiger charge is 2.57. The lowest BCUT2D eigenvalue weighted by atomic mass is 9.89. The van der Waals surface area contributed by atoms with Gasteiger partial charge in [0, 0.05) is 35.1 Å². The molecule has 2 saturated heterocycles. The molecule has 2 saturated carbocycles. The van der Waals surface area contributed by atoms with Crippen LogP contribution in [0.1, 0.15) is 94.8 Å². The van der Waals surface area contributed by atoms with Gasteiger partial charge in [0.2, 0.25) is 11.8 Å². The van der Waals surface area contributed by atoms with Crippen molar-refractivity contribution >= 4 is 39.7 Å². The fourth-order valence-electron chi connectivity index (χ4n) is 10.0. The molecule has 2 aliphatic heterocycles. The minimum atomic E-state index is -0.657. The Morgan fingerprint density at radius 1 is 0.836 bits per heavy atom. The van der Waals surface area contributed by atoms with E-state index < -0.39 is 12.1 Å². The highest BCUT2D eigenvalue weighted by atomic mass is 16.5. The topological polar surface area (TPSA) is 136 Å². The second-order valence-corrected chi connectivity index (χ2v) is 17.5. The number of fused-ring (bicyclic) bond motifs is 8. The van der Waals surface area contributed by atoms with Crippen molar-refractivity contribution in [3.05, 3.63) is 71.4 Å². The first-order valence-electron chi connectivity index (χ1n) is 20.2. The third kappa shape index (κ3) is 5.71. The molecule has 0 radical (unpaired) electrons. The van der Waals surface area contributed by atoms with Gasteiger partial charge in [-0.15, -0.1) is 0 Å². The molecule has 0 bridgehead atoms. The first-order valence-corrected chi connectivity index (χ1v) is 20.2. The maximum absolute atomic E-state index is 13.9. The normalized spacial score (nSPS) is 25.2. The average molecular weight is 740 g/mol. The molecule has 0 spiro atoms. The van der Waals surface area contributed by atoms with Gasteiger partial charge in [0.25, 0.3) is 0 Å². The molecule has 4 fully saturated rings. The summed E-state index contributed by atoms with van der Waals surface area (Å²) in [5.74, 6) is 3.27. The van der Waals surface area contributed by atoms with Crippen molar-refractivity contribution in [2.24, 2.45) is 23.7 Å². The number of alkyl carbamates (subject to hydrolysis) is 1. The number of H-pyrrole nitrogens is 2. The van der Waals surface area contributed by atoms with Crippen LogP contribution in [0.4, 0.5) is 4.79 Å². The Labute approximate surface area is 320 Å². The van der Waals surface area contributed by atoms with Gasteiger partial charge in [0.05, 0.1) is 35.9 Å². The number of methoxy groups -OCH3 is 1. The lowest BCUT2D eigenvalue weighted by Gasteiger charge is -2.31. The zero-order valence-corrected chi connectivity index (χ0v) is 32.2. The second kappa shape index (κ2) is 12.7. The van der Waals surface area contributed by atoms with E-state index in [9.17, 15) is 14.4 Å². The molecule has 2 aromatic heterocycles. The van der Waals surface area contributed by atoms with Crippen molar-refractivity contribution in [3.63, 3.8) is 0 Å². The molecule has 284 valence electrons. The summed E-state index contributed by atoms with van der Waals surface area (Å²) in [5, 5.41) is 5.02. The molecule has 3 N–H and O–H groups in total. The number of hydrogen-bond donors (Lipinski definition) is 3. The van der Waals surface area contributed by atoms with Crippen LogP contribution in [-0.4, -0.2) is 72.9 Å². The first kappa shape index (κ1) is 34.3. The number of hydrogen-bond acceptors (Lipinski definition) is 6. The van der Waals surface area contributed by atoms with E-state index in [4.69, 9.17) is 14.7 Å². The first-order chi connectivity index (χ1) is 26.6. The van der Waals surface area contributed by atoms with Crippen LogP contribution in [0, 0.1) is 23.7 Å². The largest absolute Gasteiger partial charge is 0.453 e. The number of imidazole rings is 2. The number of aryl methyl sites for hydroxylation is 2. The van der Waals surface area contributed by atoms with E-state index in [1.807, 2.05) is 18.7 Å². The van der Waals surface area contributed by atoms with Crippen LogP contribution in [-0.2, 0) is 27.2 Å². The van der Waals surface area contributed by atoms with E-state index in [0.29, 0.717) is 30.2 Å². The van der Waals surface area contributed by atoms with E-state index in [2.05, 4.69) is 82.6 Å². The molecular formula is C44H49N7O4. The Morgan fingerprint density at radius 2 is 1.55 bits per heavy atom. The molecule has 55 heavy (non-hydrogen) atoms. The van der Waals surface area contributed by atoms with Gasteiger partial charge >= 0.3 is 6.09 Å². The van der Waals surface area contributed by atoms with Gasteiger partial charge in [-0.05, 0) is 96.4 Å². The minimum absolute atomic E-state index is 0.0242. The van der Waals surface area contributed by atoms with Gasteiger partial charge in [0.15, 0.2) is 0 Å². The lowest BCUT2D eigenvalue weighted by molar-refractivity contribution is -0.137. The summed E-state index contributed by atoms with van der Waals surface area (Å²) in [6, 6.07) is 17.4.